The van der Waals surface area contributed by atoms with E-state index in [0.29, 0.717) is 36.5 Å². The molecule has 1 saturated heterocycles. The van der Waals surface area contributed by atoms with E-state index in [0.717, 1.165) is 29.8 Å². The van der Waals surface area contributed by atoms with Crippen molar-refractivity contribution in [2.75, 3.05) is 20.7 Å². The molecule has 0 radical (unpaired) electrons. The normalized spacial score (nSPS) is 33.5. The summed E-state index contributed by atoms with van der Waals surface area (Å²) in [5.41, 5.74) is 0.208. The molecule has 2 N–H and O–H groups in total. The van der Waals surface area contributed by atoms with Crippen molar-refractivity contribution in [3.05, 3.63) is 47.2 Å². The van der Waals surface area contributed by atoms with E-state index in [1.54, 1.807) is 13.2 Å². The molecule has 0 amide bonds. The third-order valence-electron chi connectivity index (χ3n) is 7.14. The molecule has 0 aromatic heterocycles. The zero-order valence-corrected chi connectivity index (χ0v) is 16.8. The number of carboxylic acids is 1. The number of likely N-dealkylation sites (tertiary alicyclic amines) is 1. The van der Waals surface area contributed by atoms with E-state index in [9.17, 15) is 14.7 Å². The van der Waals surface area contributed by atoms with E-state index in [2.05, 4.69) is 4.90 Å². The molecule has 30 heavy (non-hydrogen) atoms. The number of carbonyl (C=O) groups excluding carboxylic acids is 1. The van der Waals surface area contributed by atoms with Crippen LogP contribution < -0.4 is 9.47 Å². The molecule has 1 fully saturated rings. The molecule has 2 aliphatic carbocycles. The van der Waals surface area contributed by atoms with Crippen LogP contribution in [0.5, 0.6) is 11.5 Å². The van der Waals surface area contributed by atoms with Gasteiger partial charge in [-0.15, -0.1) is 0 Å². The number of esters is 1. The van der Waals surface area contributed by atoms with Gasteiger partial charge in [-0.3, -0.25) is 0 Å². The lowest BCUT2D eigenvalue weighted by Crippen LogP contribution is -2.74. The molecule has 0 saturated carbocycles. The Morgan fingerprint density at radius 3 is 2.87 bits per heavy atom. The van der Waals surface area contributed by atoms with Crippen molar-refractivity contribution >= 4 is 11.9 Å². The molecule has 0 unspecified atom stereocenters. The van der Waals surface area contributed by atoms with Crippen molar-refractivity contribution < 1.29 is 34.0 Å². The van der Waals surface area contributed by atoms with Gasteiger partial charge in [0, 0.05) is 30.2 Å². The Kier molecular flexibility index (Phi) is 4.04. The zero-order valence-electron chi connectivity index (χ0n) is 16.8. The van der Waals surface area contributed by atoms with Gasteiger partial charge in [-0.05, 0) is 44.1 Å². The Labute approximate surface area is 173 Å². The minimum absolute atomic E-state index is 0.0930. The molecule has 4 atom stereocenters. The van der Waals surface area contributed by atoms with Crippen LogP contribution in [0.4, 0.5) is 0 Å². The van der Waals surface area contributed by atoms with Gasteiger partial charge in [0.25, 0.3) is 0 Å². The van der Waals surface area contributed by atoms with Crippen molar-refractivity contribution in [1.29, 1.82) is 0 Å². The van der Waals surface area contributed by atoms with Gasteiger partial charge in [0.2, 0.25) is 0 Å². The van der Waals surface area contributed by atoms with Crippen LogP contribution in [0.1, 0.15) is 24.0 Å². The Morgan fingerprint density at radius 2 is 2.13 bits per heavy atom. The standard InChI is InChI=1S/C22H23NO7/c1-23-10-9-21-18-12-3-4-13(28-2)19(18)30-20(21)14(29-17(26)6-5-16(24)25)7-8-22(21,27)15(23)11-12/h3-7,15,20,27H,8-11H2,1-2H3,(H,24,25)/b6-5+/t15-,20+,21+,22-/m1/s1. The van der Waals surface area contributed by atoms with Crippen molar-refractivity contribution in [2.45, 2.75) is 42.4 Å². The van der Waals surface area contributed by atoms with Gasteiger partial charge in [-0.1, -0.05) is 6.07 Å². The predicted octanol–water partition coefficient (Wildman–Crippen LogP) is 1.16. The number of nitrogens with zero attached hydrogens (tertiary/aromatic N) is 1. The molecule has 8 nitrogen and oxygen atoms in total. The Balaban J connectivity index is 1.64. The number of hydrogen-bond acceptors (Lipinski definition) is 7. The van der Waals surface area contributed by atoms with Crippen LogP contribution in [0.15, 0.2) is 36.1 Å². The number of methoxy groups -OCH3 is 1. The van der Waals surface area contributed by atoms with Crippen molar-refractivity contribution in [3.8, 4) is 11.5 Å². The number of piperidine rings is 1. The molecule has 2 bridgehead atoms. The van der Waals surface area contributed by atoms with E-state index in [1.165, 1.54) is 0 Å². The van der Waals surface area contributed by atoms with Crippen LogP contribution in [-0.4, -0.2) is 65.5 Å². The van der Waals surface area contributed by atoms with E-state index >= 15 is 0 Å². The molecule has 1 spiro atoms. The SMILES string of the molecule is COc1ccc2c3c1O[C@H]1C(OC(=O)/C=C/C(=O)O)=CC[C@@]4(O)[C@@H](C2)N(C)CC[C@]314. The average Bonchev–Trinajstić information content (AvgIpc) is 3.06. The van der Waals surface area contributed by atoms with Gasteiger partial charge in [-0.2, -0.15) is 0 Å². The molecule has 158 valence electrons. The summed E-state index contributed by atoms with van der Waals surface area (Å²) in [6.07, 6.45) is 4.25. The van der Waals surface area contributed by atoms with Gasteiger partial charge in [0.1, 0.15) is 5.76 Å². The lowest BCUT2D eigenvalue weighted by atomic mass is 9.50. The summed E-state index contributed by atoms with van der Waals surface area (Å²) in [4.78, 5) is 25.1. The van der Waals surface area contributed by atoms with Crippen LogP contribution in [-0.2, 0) is 26.2 Å². The fraction of sp³-hybridized carbons (Fsp3) is 0.455. The second-order valence-corrected chi connectivity index (χ2v) is 8.38. The first-order valence-electron chi connectivity index (χ1n) is 9.94. The van der Waals surface area contributed by atoms with Crippen LogP contribution >= 0.6 is 0 Å². The summed E-state index contributed by atoms with van der Waals surface area (Å²) in [7, 11) is 3.59. The molecule has 8 heteroatoms. The monoisotopic (exact) mass is 413 g/mol. The quantitative estimate of drug-likeness (QED) is 0.560. The molecular formula is C22H23NO7. The number of hydrogen-bond donors (Lipinski definition) is 2. The molecule has 4 aliphatic rings. The number of carboxylic acid groups (broad SMARTS) is 1. The number of ether oxygens (including phenoxy) is 3. The summed E-state index contributed by atoms with van der Waals surface area (Å²) >= 11 is 0. The molecular weight excluding hydrogens is 390 g/mol. The first-order valence-corrected chi connectivity index (χ1v) is 9.94. The van der Waals surface area contributed by atoms with Crippen LogP contribution in [0, 0.1) is 0 Å². The number of likely N-dealkylation sites (N-methyl/N-ethyl adjacent to an activating group) is 1. The fourth-order valence-electron chi connectivity index (χ4n) is 5.88. The number of carbonyl (C=O) groups is 2. The Bertz CT molecular complexity index is 1010. The van der Waals surface area contributed by atoms with Crippen LogP contribution in [0.25, 0.3) is 0 Å². The van der Waals surface area contributed by atoms with Gasteiger partial charge in [-0.25, -0.2) is 9.59 Å². The van der Waals surface area contributed by atoms with Crippen LogP contribution in [0.2, 0.25) is 0 Å². The third kappa shape index (κ3) is 2.29. The van der Waals surface area contributed by atoms with Gasteiger partial charge >= 0.3 is 11.9 Å². The highest BCUT2D eigenvalue weighted by molar-refractivity contribution is 5.91. The zero-order chi connectivity index (χ0) is 21.3. The molecule has 2 aliphatic heterocycles. The minimum atomic E-state index is -1.23. The Morgan fingerprint density at radius 1 is 1.33 bits per heavy atom. The number of rotatable bonds is 4. The van der Waals surface area contributed by atoms with E-state index in [1.807, 2.05) is 19.2 Å². The van der Waals surface area contributed by atoms with Crippen molar-refractivity contribution in [2.24, 2.45) is 0 Å². The van der Waals surface area contributed by atoms with Gasteiger partial charge in [0.05, 0.1) is 18.1 Å². The predicted molar refractivity (Wildman–Crippen MR) is 104 cm³/mol. The first kappa shape index (κ1) is 19.1. The van der Waals surface area contributed by atoms with E-state index in [4.69, 9.17) is 19.3 Å². The van der Waals surface area contributed by atoms with Gasteiger partial charge < -0.3 is 29.3 Å². The van der Waals surface area contributed by atoms with E-state index in [-0.39, 0.29) is 6.04 Å². The Hall–Kier alpha value is -2.84. The number of benzene rings is 1. The summed E-state index contributed by atoms with van der Waals surface area (Å²) in [5.74, 6) is -0.561. The first-order chi connectivity index (χ1) is 14.3. The highest BCUT2D eigenvalue weighted by atomic mass is 16.6. The van der Waals surface area contributed by atoms with Crippen LogP contribution in [0.3, 0.4) is 0 Å². The summed E-state index contributed by atoms with van der Waals surface area (Å²) in [6.45, 7) is 0.767. The van der Waals surface area contributed by atoms with Crippen molar-refractivity contribution in [1.82, 2.24) is 4.90 Å². The fourth-order valence-corrected chi connectivity index (χ4v) is 5.88. The number of aliphatic hydroxyl groups is 1. The molecule has 1 aromatic carbocycles. The van der Waals surface area contributed by atoms with E-state index < -0.39 is 29.1 Å². The maximum atomic E-state index is 12.2. The smallest absolute Gasteiger partial charge is 0.336 e. The van der Waals surface area contributed by atoms with Crippen molar-refractivity contribution in [3.63, 3.8) is 0 Å². The lowest BCUT2D eigenvalue weighted by Gasteiger charge is -2.61. The second kappa shape index (κ2) is 6.33. The summed E-state index contributed by atoms with van der Waals surface area (Å²) in [6, 6.07) is 3.80. The highest BCUT2D eigenvalue weighted by Crippen LogP contribution is 2.65. The second-order valence-electron chi connectivity index (χ2n) is 8.38. The minimum Gasteiger partial charge on any atom is -0.493 e. The maximum absolute atomic E-state index is 12.2. The molecule has 2 heterocycles. The number of aliphatic carboxylic acids is 1. The summed E-state index contributed by atoms with van der Waals surface area (Å²) < 4.78 is 17.4. The highest BCUT2D eigenvalue weighted by Gasteiger charge is 2.72. The molecule has 1 aromatic rings. The molecule has 5 rings (SSSR count). The van der Waals surface area contributed by atoms with Gasteiger partial charge in [0.15, 0.2) is 17.6 Å². The lowest BCUT2D eigenvalue weighted by molar-refractivity contribution is -0.168. The average molecular weight is 413 g/mol. The largest absolute Gasteiger partial charge is 0.493 e. The summed E-state index contributed by atoms with van der Waals surface area (Å²) in [5, 5.41) is 20.8. The third-order valence-corrected chi connectivity index (χ3v) is 7.14. The maximum Gasteiger partial charge on any atom is 0.336 e. The topological polar surface area (TPSA) is 106 Å².